The quantitative estimate of drug-likeness (QED) is 0.743. The van der Waals surface area contributed by atoms with Crippen molar-refractivity contribution in [2.75, 3.05) is 32.1 Å². The van der Waals surface area contributed by atoms with Crippen LogP contribution < -0.4 is 15.5 Å². The second-order valence-electron chi connectivity index (χ2n) is 4.93. The minimum absolute atomic E-state index is 0.00343. The molecule has 0 saturated heterocycles. The van der Waals surface area contributed by atoms with Gasteiger partial charge < -0.3 is 15.5 Å². The van der Waals surface area contributed by atoms with Gasteiger partial charge in [0.1, 0.15) is 0 Å². The summed E-state index contributed by atoms with van der Waals surface area (Å²) >= 11 is 0. The number of carbonyl (C=O) groups excluding carboxylic acids is 1. The van der Waals surface area contributed by atoms with Gasteiger partial charge in [0.15, 0.2) is 0 Å². The van der Waals surface area contributed by atoms with Gasteiger partial charge in [-0.25, -0.2) is 0 Å². The Kier molecular flexibility index (Phi) is 4.20. The summed E-state index contributed by atoms with van der Waals surface area (Å²) in [5, 5.41) is 6.30. The Bertz CT molecular complexity index is 413. The Morgan fingerprint density at radius 3 is 2.78 bits per heavy atom. The van der Waals surface area contributed by atoms with Gasteiger partial charge >= 0.3 is 0 Å². The molecule has 0 aromatic heterocycles. The molecular formula is C14H21N3O. The molecule has 2 rings (SSSR count). The Labute approximate surface area is 108 Å². The minimum atomic E-state index is -0.00343. The van der Waals surface area contributed by atoms with Gasteiger partial charge in [0.2, 0.25) is 0 Å². The van der Waals surface area contributed by atoms with Crippen LogP contribution in [0.4, 0.5) is 5.69 Å². The van der Waals surface area contributed by atoms with Crippen molar-refractivity contribution in [3.8, 4) is 0 Å². The van der Waals surface area contributed by atoms with Gasteiger partial charge in [0.05, 0.1) is 0 Å². The number of nitrogens with one attached hydrogen (secondary N) is 2. The summed E-state index contributed by atoms with van der Waals surface area (Å²) in [5.41, 5.74) is 1.76. The first kappa shape index (κ1) is 12.9. The summed E-state index contributed by atoms with van der Waals surface area (Å²) in [5.74, 6) is -0.00343. The van der Waals surface area contributed by atoms with Crippen molar-refractivity contribution < 1.29 is 4.79 Å². The number of rotatable bonds is 6. The SMILES string of the molecule is CN(C)c1cccc(C(=O)NCCNC2CC2)c1. The fraction of sp³-hybridized carbons (Fsp3) is 0.500. The average Bonchev–Trinajstić information content (AvgIpc) is 3.18. The molecule has 1 aromatic carbocycles. The third-order valence-electron chi connectivity index (χ3n) is 3.05. The van der Waals surface area contributed by atoms with Crippen LogP contribution in [0.15, 0.2) is 24.3 Å². The van der Waals surface area contributed by atoms with E-state index in [1.165, 1.54) is 12.8 Å². The zero-order chi connectivity index (χ0) is 13.0. The maximum atomic E-state index is 11.9. The lowest BCUT2D eigenvalue weighted by molar-refractivity contribution is 0.0954. The van der Waals surface area contributed by atoms with Crippen LogP contribution >= 0.6 is 0 Å². The van der Waals surface area contributed by atoms with Crippen molar-refractivity contribution in [2.24, 2.45) is 0 Å². The van der Waals surface area contributed by atoms with E-state index in [0.717, 1.165) is 12.2 Å². The first-order valence-corrected chi connectivity index (χ1v) is 6.46. The number of hydrogen-bond donors (Lipinski definition) is 2. The number of amides is 1. The molecule has 1 aliphatic carbocycles. The monoisotopic (exact) mass is 247 g/mol. The summed E-state index contributed by atoms with van der Waals surface area (Å²) in [7, 11) is 3.94. The van der Waals surface area contributed by atoms with E-state index in [-0.39, 0.29) is 5.91 Å². The topological polar surface area (TPSA) is 44.4 Å². The van der Waals surface area contributed by atoms with Crippen LogP contribution in [0.5, 0.6) is 0 Å². The Morgan fingerprint density at radius 1 is 1.33 bits per heavy atom. The van der Waals surface area contributed by atoms with Crippen molar-refractivity contribution in [2.45, 2.75) is 18.9 Å². The summed E-state index contributed by atoms with van der Waals surface area (Å²) < 4.78 is 0. The van der Waals surface area contributed by atoms with E-state index in [0.29, 0.717) is 18.2 Å². The molecule has 0 spiro atoms. The summed E-state index contributed by atoms with van der Waals surface area (Å²) in [6.45, 7) is 1.53. The Balaban J connectivity index is 1.81. The number of anilines is 1. The lowest BCUT2D eigenvalue weighted by Crippen LogP contribution is -2.32. The fourth-order valence-corrected chi connectivity index (χ4v) is 1.77. The van der Waals surface area contributed by atoms with Gasteiger partial charge in [-0.3, -0.25) is 4.79 Å². The lowest BCUT2D eigenvalue weighted by atomic mass is 10.2. The predicted octanol–water partition coefficient (Wildman–Crippen LogP) is 1.23. The third-order valence-corrected chi connectivity index (χ3v) is 3.05. The van der Waals surface area contributed by atoms with Crippen LogP contribution in [0.1, 0.15) is 23.2 Å². The van der Waals surface area contributed by atoms with E-state index < -0.39 is 0 Å². The minimum Gasteiger partial charge on any atom is -0.378 e. The molecule has 1 aliphatic rings. The zero-order valence-electron chi connectivity index (χ0n) is 11.1. The van der Waals surface area contributed by atoms with Crippen molar-refractivity contribution in [1.29, 1.82) is 0 Å². The Hall–Kier alpha value is -1.55. The van der Waals surface area contributed by atoms with Crippen LogP contribution in [0, 0.1) is 0 Å². The largest absolute Gasteiger partial charge is 0.378 e. The molecule has 0 radical (unpaired) electrons. The lowest BCUT2D eigenvalue weighted by Gasteiger charge is -2.13. The molecule has 18 heavy (non-hydrogen) atoms. The van der Waals surface area contributed by atoms with E-state index in [1.54, 1.807) is 0 Å². The van der Waals surface area contributed by atoms with Crippen LogP contribution in [0.3, 0.4) is 0 Å². The van der Waals surface area contributed by atoms with Crippen molar-refractivity contribution in [3.05, 3.63) is 29.8 Å². The molecule has 0 bridgehead atoms. The van der Waals surface area contributed by atoms with E-state index in [1.807, 2.05) is 43.3 Å². The van der Waals surface area contributed by atoms with Crippen LogP contribution in [0.2, 0.25) is 0 Å². The van der Waals surface area contributed by atoms with Crippen molar-refractivity contribution >= 4 is 11.6 Å². The molecule has 2 N–H and O–H groups in total. The van der Waals surface area contributed by atoms with E-state index in [4.69, 9.17) is 0 Å². The molecule has 0 aliphatic heterocycles. The van der Waals surface area contributed by atoms with E-state index in [9.17, 15) is 4.79 Å². The van der Waals surface area contributed by atoms with E-state index in [2.05, 4.69) is 10.6 Å². The number of nitrogens with zero attached hydrogens (tertiary/aromatic N) is 1. The van der Waals surface area contributed by atoms with Crippen molar-refractivity contribution in [3.63, 3.8) is 0 Å². The first-order valence-electron chi connectivity index (χ1n) is 6.46. The smallest absolute Gasteiger partial charge is 0.251 e. The molecule has 1 saturated carbocycles. The number of hydrogen-bond acceptors (Lipinski definition) is 3. The highest BCUT2D eigenvalue weighted by atomic mass is 16.1. The molecule has 0 heterocycles. The molecule has 4 nitrogen and oxygen atoms in total. The molecular weight excluding hydrogens is 226 g/mol. The fourth-order valence-electron chi connectivity index (χ4n) is 1.77. The predicted molar refractivity (Wildman–Crippen MR) is 74.1 cm³/mol. The molecule has 0 atom stereocenters. The highest BCUT2D eigenvalue weighted by Crippen LogP contribution is 2.17. The standard InChI is InChI=1S/C14H21N3O/c1-17(2)13-5-3-4-11(10-13)14(18)16-9-8-15-12-6-7-12/h3-5,10,12,15H,6-9H2,1-2H3,(H,16,18). The second-order valence-corrected chi connectivity index (χ2v) is 4.93. The van der Waals surface area contributed by atoms with Gasteiger partial charge in [-0.15, -0.1) is 0 Å². The van der Waals surface area contributed by atoms with Crippen molar-refractivity contribution in [1.82, 2.24) is 10.6 Å². The average molecular weight is 247 g/mol. The molecule has 1 aromatic rings. The number of benzene rings is 1. The van der Waals surface area contributed by atoms with Gasteiger partial charge in [0.25, 0.3) is 5.91 Å². The molecule has 1 fully saturated rings. The second kappa shape index (κ2) is 5.87. The molecule has 4 heteroatoms. The first-order chi connectivity index (χ1) is 8.66. The van der Waals surface area contributed by atoms with Crippen LogP contribution in [-0.4, -0.2) is 39.1 Å². The van der Waals surface area contributed by atoms with Crippen LogP contribution in [0.25, 0.3) is 0 Å². The molecule has 98 valence electrons. The maximum Gasteiger partial charge on any atom is 0.251 e. The zero-order valence-corrected chi connectivity index (χ0v) is 11.1. The third kappa shape index (κ3) is 3.74. The normalized spacial score (nSPS) is 14.3. The molecule has 0 unspecified atom stereocenters. The highest BCUT2D eigenvalue weighted by Gasteiger charge is 2.19. The summed E-state index contributed by atoms with van der Waals surface area (Å²) in [6, 6.07) is 8.34. The molecule has 1 amide bonds. The van der Waals surface area contributed by atoms with Crippen LogP contribution in [-0.2, 0) is 0 Å². The van der Waals surface area contributed by atoms with Gasteiger partial charge in [-0.05, 0) is 31.0 Å². The Morgan fingerprint density at radius 2 is 2.11 bits per heavy atom. The summed E-state index contributed by atoms with van der Waals surface area (Å²) in [4.78, 5) is 13.9. The van der Waals surface area contributed by atoms with Gasteiger partial charge in [-0.2, -0.15) is 0 Å². The summed E-state index contributed by atoms with van der Waals surface area (Å²) in [6.07, 6.45) is 2.55. The maximum absolute atomic E-state index is 11.9. The highest BCUT2D eigenvalue weighted by molar-refractivity contribution is 5.95. The van der Waals surface area contributed by atoms with Gasteiger partial charge in [0, 0.05) is 44.5 Å². The number of carbonyl (C=O) groups is 1. The van der Waals surface area contributed by atoms with Gasteiger partial charge in [-0.1, -0.05) is 6.07 Å². The van der Waals surface area contributed by atoms with E-state index >= 15 is 0 Å².